The third kappa shape index (κ3) is 2.21. The van der Waals surface area contributed by atoms with Crippen molar-refractivity contribution in [3.8, 4) is 0 Å². The number of rotatable bonds is 2. The van der Waals surface area contributed by atoms with Crippen molar-refractivity contribution in [3.63, 3.8) is 0 Å². The number of halogens is 1. The van der Waals surface area contributed by atoms with E-state index in [1.54, 1.807) is 0 Å². The minimum atomic E-state index is -1.95. The predicted molar refractivity (Wildman–Crippen MR) is 89.2 cm³/mol. The number of hydrogen-bond acceptors (Lipinski definition) is 0. The molecule has 0 aromatic heterocycles. The van der Waals surface area contributed by atoms with Crippen molar-refractivity contribution < 1.29 is 0 Å². The van der Waals surface area contributed by atoms with Crippen LogP contribution in [0.5, 0.6) is 0 Å². The molecule has 2 heteroatoms. The maximum Gasteiger partial charge on any atom is 0.175 e. The van der Waals surface area contributed by atoms with E-state index in [-0.39, 0.29) is 0 Å². The van der Waals surface area contributed by atoms with Crippen molar-refractivity contribution in [2.24, 2.45) is 0 Å². The summed E-state index contributed by atoms with van der Waals surface area (Å²) in [7, 11) is -1.95. The highest BCUT2D eigenvalue weighted by atomic mass is 35.6. The van der Waals surface area contributed by atoms with Gasteiger partial charge in [0.25, 0.3) is 0 Å². The van der Waals surface area contributed by atoms with E-state index in [0.29, 0.717) is 11.1 Å². The first-order valence-electron chi connectivity index (χ1n) is 7.08. The van der Waals surface area contributed by atoms with E-state index in [4.69, 9.17) is 11.1 Å². The van der Waals surface area contributed by atoms with Gasteiger partial charge in [-0.2, -0.15) is 11.1 Å². The van der Waals surface area contributed by atoms with Gasteiger partial charge in [0.1, 0.15) is 0 Å². The number of hydrogen-bond donors (Lipinski definition) is 0. The first-order valence-corrected chi connectivity index (χ1v) is 10.7. The van der Waals surface area contributed by atoms with Gasteiger partial charge in [0.05, 0.1) is 0 Å². The minimum absolute atomic E-state index is 0.489. The maximum atomic E-state index is 7.25. The molecule has 0 aromatic carbocycles. The fourth-order valence-electron chi connectivity index (χ4n) is 4.12. The molecule has 0 heterocycles. The lowest BCUT2D eigenvalue weighted by molar-refractivity contribution is 1.00. The zero-order valence-electron chi connectivity index (χ0n) is 13.2. The molecule has 0 nitrogen and oxygen atoms in total. The molecule has 0 aromatic rings. The first-order chi connectivity index (χ1) is 8.67. The van der Waals surface area contributed by atoms with Gasteiger partial charge in [-0.15, -0.1) is 0 Å². The molecule has 0 spiro atoms. The molecule has 104 valence electrons. The Morgan fingerprint density at radius 3 is 1.32 bits per heavy atom. The molecule has 19 heavy (non-hydrogen) atoms. The minimum Gasteiger partial charge on any atom is -0.165 e. The van der Waals surface area contributed by atoms with Crippen molar-refractivity contribution in [2.45, 2.75) is 59.2 Å². The standard InChI is InChI=1S/C17H25ClSi/c1-10-8-12(3)16(14(10)5)19(7,18)17-13(4)9-11(2)15(17)6/h8-9,16-17H,1-7H3. The van der Waals surface area contributed by atoms with Crippen LogP contribution >= 0.6 is 11.1 Å². The van der Waals surface area contributed by atoms with E-state index in [1.807, 2.05) is 0 Å². The maximum absolute atomic E-state index is 7.25. The van der Waals surface area contributed by atoms with Crippen molar-refractivity contribution in [2.75, 3.05) is 0 Å². The van der Waals surface area contributed by atoms with E-state index in [1.165, 1.54) is 33.4 Å². The van der Waals surface area contributed by atoms with Crippen LogP contribution in [0.15, 0.2) is 45.6 Å². The Morgan fingerprint density at radius 1 is 0.789 bits per heavy atom. The Hall–Kier alpha value is -0.533. The van der Waals surface area contributed by atoms with Crippen LogP contribution in [0.3, 0.4) is 0 Å². The molecule has 0 fully saturated rings. The summed E-state index contributed by atoms with van der Waals surface area (Å²) in [5.41, 5.74) is 9.72. The fraction of sp³-hybridized carbons (Fsp3) is 0.529. The zero-order chi connectivity index (χ0) is 14.5. The molecule has 2 aliphatic rings. The largest absolute Gasteiger partial charge is 0.175 e. The first kappa shape index (κ1) is 14.9. The predicted octanol–water partition coefficient (Wildman–Crippen LogP) is 6.13. The third-order valence-corrected chi connectivity index (χ3v) is 10.4. The van der Waals surface area contributed by atoms with Gasteiger partial charge in [0.2, 0.25) is 0 Å². The quantitative estimate of drug-likeness (QED) is 0.424. The molecule has 0 radical (unpaired) electrons. The second kappa shape index (κ2) is 4.78. The average Bonchev–Trinajstić information content (AvgIpc) is 2.66. The van der Waals surface area contributed by atoms with Crippen LogP contribution in [-0.2, 0) is 0 Å². The SMILES string of the molecule is CC1=CC(C)=C(C)C1[Si](C)(Cl)C1C(C)=CC(C)=C1C. The van der Waals surface area contributed by atoms with Crippen molar-refractivity contribution >= 4 is 18.5 Å². The summed E-state index contributed by atoms with van der Waals surface area (Å²) in [6.07, 6.45) is 4.65. The Morgan fingerprint density at radius 2 is 1.11 bits per heavy atom. The Balaban J connectivity index is 2.46. The summed E-state index contributed by atoms with van der Waals surface area (Å²) in [6, 6.07) is 0. The molecular formula is C17H25ClSi. The van der Waals surface area contributed by atoms with E-state index in [9.17, 15) is 0 Å². The zero-order valence-corrected chi connectivity index (χ0v) is 14.9. The van der Waals surface area contributed by atoms with Crippen LogP contribution in [0.25, 0.3) is 0 Å². The van der Waals surface area contributed by atoms with E-state index in [2.05, 4.69) is 60.2 Å². The molecule has 0 aliphatic heterocycles. The molecule has 2 rings (SSSR count). The van der Waals surface area contributed by atoms with Crippen LogP contribution < -0.4 is 0 Å². The Labute approximate surface area is 123 Å². The monoisotopic (exact) mass is 292 g/mol. The molecular weight excluding hydrogens is 268 g/mol. The van der Waals surface area contributed by atoms with Gasteiger partial charge < -0.3 is 0 Å². The van der Waals surface area contributed by atoms with Crippen LogP contribution in [0.1, 0.15) is 41.5 Å². The van der Waals surface area contributed by atoms with Gasteiger partial charge in [-0.3, -0.25) is 0 Å². The van der Waals surface area contributed by atoms with E-state index < -0.39 is 7.38 Å². The van der Waals surface area contributed by atoms with E-state index >= 15 is 0 Å². The molecule has 2 aliphatic carbocycles. The fourth-order valence-corrected chi connectivity index (χ4v) is 10.6. The van der Waals surface area contributed by atoms with Crippen molar-refractivity contribution in [1.82, 2.24) is 0 Å². The lowest BCUT2D eigenvalue weighted by Gasteiger charge is -2.37. The highest BCUT2D eigenvalue weighted by molar-refractivity contribution is 7.22. The Kier molecular flexibility index (Phi) is 3.74. The van der Waals surface area contributed by atoms with Gasteiger partial charge >= 0.3 is 0 Å². The van der Waals surface area contributed by atoms with Gasteiger partial charge in [-0.25, -0.2) is 0 Å². The molecule has 0 bridgehead atoms. The molecule has 2 atom stereocenters. The summed E-state index contributed by atoms with van der Waals surface area (Å²) in [4.78, 5) is 0. The summed E-state index contributed by atoms with van der Waals surface area (Å²) in [6.45, 7) is 15.8. The van der Waals surface area contributed by atoms with Crippen LogP contribution in [-0.4, -0.2) is 7.38 Å². The normalized spacial score (nSPS) is 30.7. The lowest BCUT2D eigenvalue weighted by atomic mass is 10.1. The van der Waals surface area contributed by atoms with Crippen molar-refractivity contribution in [1.29, 1.82) is 0 Å². The molecule has 0 saturated heterocycles. The molecule has 0 N–H and O–H groups in total. The molecule has 0 saturated carbocycles. The average molecular weight is 293 g/mol. The topological polar surface area (TPSA) is 0 Å². The lowest BCUT2D eigenvalue weighted by Crippen LogP contribution is -2.37. The highest BCUT2D eigenvalue weighted by Crippen LogP contribution is 2.55. The summed E-state index contributed by atoms with van der Waals surface area (Å²) < 4.78 is 0. The van der Waals surface area contributed by atoms with Gasteiger partial charge in [-0.1, -0.05) is 52.1 Å². The third-order valence-electron chi connectivity index (χ3n) is 5.04. The summed E-state index contributed by atoms with van der Waals surface area (Å²) in [5, 5.41) is 0. The van der Waals surface area contributed by atoms with Crippen LogP contribution in [0.2, 0.25) is 17.6 Å². The second-order valence-electron chi connectivity index (χ2n) is 6.53. The van der Waals surface area contributed by atoms with Crippen molar-refractivity contribution in [3.05, 3.63) is 45.6 Å². The second-order valence-corrected chi connectivity index (χ2v) is 12.4. The van der Waals surface area contributed by atoms with Gasteiger partial charge in [0.15, 0.2) is 7.38 Å². The summed E-state index contributed by atoms with van der Waals surface area (Å²) in [5.74, 6) is 0. The number of allylic oxidation sites excluding steroid dienone is 8. The Bertz CT molecular complexity index is 496. The van der Waals surface area contributed by atoms with Crippen LogP contribution in [0.4, 0.5) is 0 Å². The summed E-state index contributed by atoms with van der Waals surface area (Å²) >= 11 is 7.25. The molecule has 0 amide bonds. The molecule has 2 unspecified atom stereocenters. The van der Waals surface area contributed by atoms with Crippen LogP contribution in [0, 0.1) is 0 Å². The van der Waals surface area contributed by atoms with Gasteiger partial charge in [0, 0.05) is 11.1 Å². The van der Waals surface area contributed by atoms with E-state index in [0.717, 1.165) is 0 Å². The highest BCUT2D eigenvalue weighted by Gasteiger charge is 2.48. The van der Waals surface area contributed by atoms with Gasteiger partial charge in [-0.05, 0) is 41.5 Å². The smallest absolute Gasteiger partial charge is 0.165 e.